The van der Waals surface area contributed by atoms with E-state index in [2.05, 4.69) is 4.98 Å². The van der Waals surface area contributed by atoms with Gasteiger partial charge in [-0.1, -0.05) is 29.3 Å². The summed E-state index contributed by atoms with van der Waals surface area (Å²) in [5.41, 5.74) is 7.59. The number of aromatic nitrogens is 1. The smallest absolute Gasteiger partial charge is 0.354 e. The van der Waals surface area contributed by atoms with Crippen molar-refractivity contribution in [1.29, 1.82) is 0 Å². The Hall–Kier alpha value is -1.69. The quantitative estimate of drug-likeness (QED) is 0.475. The Bertz CT molecular complexity index is 932. The van der Waals surface area contributed by atoms with Crippen molar-refractivity contribution in [3.63, 3.8) is 0 Å². The lowest BCUT2D eigenvalue weighted by Crippen LogP contribution is -2.06. The normalized spacial score (nSPS) is 12.1. The number of nitrogens with two attached hydrogens (primary N) is 1. The molecule has 0 aliphatic carbocycles. The van der Waals surface area contributed by atoms with Gasteiger partial charge in [0.05, 0.1) is 10.6 Å². The second kappa shape index (κ2) is 7.51. The molecule has 2 aromatic carbocycles. The first-order valence-corrected chi connectivity index (χ1v) is 8.94. The summed E-state index contributed by atoms with van der Waals surface area (Å²) >= 11 is 11.9. The minimum atomic E-state index is -4.51. The molecule has 0 spiro atoms. The van der Waals surface area contributed by atoms with Crippen molar-refractivity contribution in [2.45, 2.75) is 25.4 Å². The van der Waals surface area contributed by atoms with Gasteiger partial charge < -0.3 is 10.7 Å². The van der Waals surface area contributed by atoms with Gasteiger partial charge in [0.2, 0.25) is 0 Å². The lowest BCUT2D eigenvalue weighted by molar-refractivity contribution is -0.137. The van der Waals surface area contributed by atoms with Gasteiger partial charge in [-0.25, -0.2) is 0 Å². The van der Waals surface area contributed by atoms with Gasteiger partial charge in [-0.2, -0.15) is 13.2 Å². The topological polar surface area (TPSA) is 41.8 Å². The summed E-state index contributed by atoms with van der Waals surface area (Å²) in [6, 6.07) is 9.36. The van der Waals surface area contributed by atoms with E-state index < -0.39 is 11.7 Å². The molecule has 3 N–H and O–H groups in total. The minimum absolute atomic E-state index is 0.315. The number of hydrogen-bond donors (Lipinski definition) is 2. The lowest BCUT2D eigenvalue weighted by Gasteiger charge is -2.12. The highest BCUT2D eigenvalue weighted by Gasteiger charge is 2.33. The molecule has 3 aromatic rings. The SMILES string of the molecule is NCCCCc1c(-c2ccc(Cl)c(C(F)(F)F)c2)[nH]c2ccc(Cl)cc12. The third kappa shape index (κ3) is 3.85. The Labute approximate surface area is 159 Å². The van der Waals surface area contributed by atoms with Crippen LogP contribution in [0.25, 0.3) is 22.2 Å². The molecular formula is C19H17Cl2F3N2. The van der Waals surface area contributed by atoms with Crippen LogP contribution in [0.1, 0.15) is 24.0 Å². The Kier molecular flexibility index (Phi) is 5.51. The van der Waals surface area contributed by atoms with Gasteiger partial charge in [-0.05, 0) is 67.3 Å². The Morgan fingerprint density at radius 1 is 1.00 bits per heavy atom. The lowest BCUT2D eigenvalue weighted by atomic mass is 9.99. The first-order valence-electron chi connectivity index (χ1n) is 8.18. The molecule has 0 radical (unpaired) electrons. The number of H-pyrrole nitrogens is 1. The van der Waals surface area contributed by atoms with Gasteiger partial charge in [0.15, 0.2) is 0 Å². The number of halogens is 5. The first-order chi connectivity index (χ1) is 12.3. The fourth-order valence-corrected chi connectivity index (χ4v) is 3.47. The third-order valence-corrected chi connectivity index (χ3v) is 4.87. The van der Waals surface area contributed by atoms with Crippen LogP contribution >= 0.6 is 23.2 Å². The zero-order valence-electron chi connectivity index (χ0n) is 13.8. The standard InChI is InChI=1S/C19H17Cl2F3N2/c20-12-5-7-17-14(10-12)13(3-1-2-8-25)18(26-17)11-4-6-16(21)15(9-11)19(22,23)24/h4-7,9-10,26H,1-3,8,25H2. The molecule has 0 bridgehead atoms. The third-order valence-electron chi connectivity index (χ3n) is 4.31. The van der Waals surface area contributed by atoms with Gasteiger partial charge in [0, 0.05) is 21.6 Å². The fourth-order valence-electron chi connectivity index (χ4n) is 3.07. The van der Waals surface area contributed by atoms with Crippen molar-refractivity contribution >= 4 is 34.1 Å². The van der Waals surface area contributed by atoms with Crippen LogP contribution in [0.2, 0.25) is 10.0 Å². The summed E-state index contributed by atoms with van der Waals surface area (Å²) in [4.78, 5) is 3.23. The number of alkyl halides is 3. The van der Waals surface area contributed by atoms with Gasteiger partial charge in [-0.3, -0.25) is 0 Å². The molecule has 0 saturated carbocycles. The average molecular weight is 401 g/mol. The van der Waals surface area contributed by atoms with Crippen LogP contribution in [0.15, 0.2) is 36.4 Å². The van der Waals surface area contributed by atoms with E-state index >= 15 is 0 Å². The van der Waals surface area contributed by atoms with Crippen molar-refractivity contribution in [2.24, 2.45) is 5.73 Å². The Morgan fingerprint density at radius 2 is 1.77 bits per heavy atom. The fraction of sp³-hybridized carbons (Fsp3) is 0.263. The van der Waals surface area contributed by atoms with Crippen molar-refractivity contribution < 1.29 is 13.2 Å². The van der Waals surface area contributed by atoms with E-state index in [-0.39, 0.29) is 5.02 Å². The summed E-state index contributed by atoms with van der Waals surface area (Å²) in [5, 5.41) is 1.17. The Balaban J connectivity index is 2.16. The maximum absolute atomic E-state index is 13.2. The molecule has 138 valence electrons. The van der Waals surface area contributed by atoms with Crippen molar-refractivity contribution in [3.05, 3.63) is 57.6 Å². The van der Waals surface area contributed by atoms with Crippen LogP contribution in [0, 0.1) is 0 Å². The summed E-state index contributed by atoms with van der Waals surface area (Å²) in [6.07, 6.45) is -2.15. The highest BCUT2D eigenvalue weighted by molar-refractivity contribution is 6.31. The number of rotatable bonds is 5. The molecule has 1 aromatic heterocycles. The first kappa shape index (κ1) is 19.1. The molecule has 26 heavy (non-hydrogen) atoms. The van der Waals surface area contributed by atoms with Crippen molar-refractivity contribution in [2.75, 3.05) is 6.54 Å². The number of fused-ring (bicyclic) bond motifs is 1. The number of unbranched alkanes of at least 4 members (excludes halogenated alkanes) is 1. The van der Waals surface area contributed by atoms with E-state index in [9.17, 15) is 13.2 Å². The number of nitrogens with one attached hydrogen (secondary N) is 1. The van der Waals surface area contributed by atoms with Gasteiger partial charge in [-0.15, -0.1) is 0 Å². The molecule has 3 rings (SSSR count). The van der Waals surface area contributed by atoms with Crippen LogP contribution in [-0.2, 0) is 12.6 Å². The molecule has 1 heterocycles. The summed E-state index contributed by atoms with van der Waals surface area (Å²) in [6.45, 7) is 0.567. The summed E-state index contributed by atoms with van der Waals surface area (Å²) in [5.74, 6) is 0. The van der Waals surface area contributed by atoms with Crippen LogP contribution in [0.4, 0.5) is 13.2 Å². The molecule has 0 fully saturated rings. The van der Waals surface area contributed by atoms with Crippen molar-refractivity contribution in [3.8, 4) is 11.3 Å². The molecule has 2 nitrogen and oxygen atoms in total. The predicted molar refractivity (Wildman–Crippen MR) is 101 cm³/mol. The number of aromatic amines is 1. The second-order valence-corrected chi connectivity index (χ2v) is 6.95. The van der Waals surface area contributed by atoms with E-state index in [1.165, 1.54) is 6.07 Å². The van der Waals surface area contributed by atoms with Crippen LogP contribution in [0.5, 0.6) is 0 Å². The predicted octanol–water partition coefficient (Wildman–Crippen LogP) is 6.44. The number of hydrogen-bond acceptors (Lipinski definition) is 1. The van der Waals surface area contributed by atoms with Gasteiger partial charge in [0.1, 0.15) is 0 Å². The molecule has 0 unspecified atom stereocenters. The van der Waals surface area contributed by atoms with Crippen molar-refractivity contribution in [1.82, 2.24) is 4.98 Å². The average Bonchev–Trinajstić information content (AvgIpc) is 2.92. The molecule has 0 atom stereocenters. The highest BCUT2D eigenvalue weighted by Crippen LogP contribution is 2.39. The second-order valence-electron chi connectivity index (χ2n) is 6.11. The van der Waals surface area contributed by atoms with Gasteiger partial charge in [0.25, 0.3) is 0 Å². The molecule has 0 aliphatic rings. The molecule has 0 amide bonds. The molecule has 0 aliphatic heterocycles. The zero-order valence-corrected chi connectivity index (χ0v) is 15.3. The summed E-state index contributed by atoms with van der Waals surface area (Å²) in [7, 11) is 0. The zero-order chi connectivity index (χ0) is 18.9. The Morgan fingerprint density at radius 3 is 2.46 bits per heavy atom. The highest BCUT2D eigenvalue weighted by atomic mass is 35.5. The van der Waals surface area contributed by atoms with Crippen LogP contribution in [-0.4, -0.2) is 11.5 Å². The minimum Gasteiger partial charge on any atom is -0.354 e. The monoisotopic (exact) mass is 400 g/mol. The van der Waals surface area contributed by atoms with E-state index in [0.717, 1.165) is 35.4 Å². The largest absolute Gasteiger partial charge is 0.417 e. The van der Waals surface area contributed by atoms with E-state index in [1.54, 1.807) is 12.1 Å². The molecule has 0 saturated heterocycles. The summed E-state index contributed by atoms with van der Waals surface area (Å²) < 4.78 is 39.7. The number of aryl methyl sites for hydroxylation is 1. The maximum Gasteiger partial charge on any atom is 0.417 e. The van der Waals surface area contributed by atoms with E-state index in [1.807, 2.05) is 12.1 Å². The van der Waals surface area contributed by atoms with Crippen LogP contribution in [0.3, 0.4) is 0 Å². The van der Waals surface area contributed by atoms with Gasteiger partial charge >= 0.3 is 6.18 Å². The molecular weight excluding hydrogens is 384 g/mol. The maximum atomic E-state index is 13.2. The van der Waals surface area contributed by atoms with E-state index in [0.29, 0.717) is 29.2 Å². The van der Waals surface area contributed by atoms with E-state index in [4.69, 9.17) is 28.9 Å². The molecule has 7 heteroatoms. The number of benzene rings is 2. The van der Waals surface area contributed by atoms with Crippen LogP contribution < -0.4 is 5.73 Å².